The molecule has 1 atom stereocenters. The number of nitrogens with one attached hydrogen (secondary N) is 1. The number of hydrogen-bond acceptors (Lipinski definition) is 6. The molecule has 0 saturated carbocycles. The van der Waals surface area contributed by atoms with Crippen molar-refractivity contribution in [2.24, 2.45) is 0 Å². The Kier molecular flexibility index (Phi) is 7.99. The number of nitrogens with zero attached hydrogens (tertiary/aromatic N) is 2. The molecule has 0 radical (unpaired) electrons. The monoisotopic (exact) mass is 509 g/mol. The number of carbonyl (C=O) groups excluding carboxylic acids is 2. The van der Waals surface area contributed by atoms with Gasteiger partial charge in [0.25, 0.3) is 5.91 Å². The molecule has 1 fully saturated rings. The van der Waals surface area contributed by atoms with Crippen molar-refractivity contribution in [3.8, 4) is 11.5 Å². The van der Waals surface area contributed by atoms with Gasteiger partial charge in [0, 0.05) is 17.1 Å². The molecule has 1 aliphatic heterocycles. The molecule has 1 saturated heterocycles. The van der Waals surface area contributed by atoms with Crippen LogP contribution in [-0.4, -0.2) is 48.1 Å². The van der Waals surface area contributed by atoms with Crippen molar-refractivity contribution < 1.29 is 19.1 Å². The number of rotatable bonds is 10. The normalized spacial score (nSPS) is 15.4. The molecular weight excluding hydrogens is 482 g/mol. The lowest BCUT2D eigenvalue weighted by molar-refractivity contribution is -0.124. The minimum Gasteiger partial charge on any atom is -0.497 e. The van der Waals surface area contributed by atoms with Crippen LogP contribution in [0.4, 0.5) is 11.4 Å². The number of thiocarbonyl (C=S) groups is 1. The van der Waals surface area contributed by atoms with Crippen LogP contribution in [-0.2, 0) is 16.0 Å². The highest BCUT2D eigenvalue weighted by Crippen LogP contribution is 2.29. The molecule has 1 aromatic heterocycles. The van der Waals surface area contributed by atoms with Crippen molar-refractivity contribution in [2.75, 3.05) is 30.5 Å². The molecule has 7 nitrogen and oxygen atoms in total. The van der Waals surface area contributed by atoms with Gasteiger partial charge in [-0.3, -0.25) is 14.5 Å². The highest BCUT2D eigenvalue weighted by atomic mass is 32.1. The summed E-state index contributed by atoms with van der Waals surface area (Å²) >= 11 is 7.39. The molecule has 182 valence electrons. The number of ether oxygens (including phenoxy) is 2. The average molecular weight is 510 g/mol. The lowest BCUT2D eigenvalue weighted by atomic mass is 10.1. The second-order valence-electron chi connectivity index (χ2n) is 7.90. The van der Waals surface area contributed by atoms with Crippen LogP contribution in [0, 0.1) is 0 Å². The molecule has 2 amide bonds. The smallest absolute Gasteiger partial charge is 0.256 e. The van der Waals surface area contributed by atoms with Gasteiger partial charge >= 0.3 is 0 Å². The van der Waals surface area contributed by atoms with Crippen molar-refractivity contribution in [1.82, 2.24) is 4.90 Å². The van der Waals surface area contributed by atoms with Gasteiger partial charge in [0.15, 0.2) is 5.11 Å². The Bertz CT molecular complexity index is 1160. The Morgan fingerprint density at radius 1 is 1.09 bits per heavy atom. The van der Waals surface area contributed by atoms with E-state index in [1.807, 2.05) is 23.3 Å². The summed E-state index contributed by atoms with van der Waals surface area (Å²) in [4.78, 5) is 31.0. The zero-order chi connectivity index (χ0) is 24.8. The second-order valence-corrected chi connectivity index (χ2v) is 9.30. The van der Waals surface area contributed by atoms with Gasteiger partial charge in [0.05, 0.1) is 25.8 Å². The van der Waals surface area contributed by atoms with Gasteiger partial charge in [-0.05, 0) is 85.5 Å². The third-order valence-electron chi connectivity index (χ3n) is 5.66. The molecule has 35 heavy (non-hydrogen) atoms. The topological polar surface area (TPSA) is 71.1 Å². The fourth-order valence-electron chi connectivity index (χ4n) is 3.93. The number of benzene rings is 2. The first kappa shape index (κ1) is 24.7. The predicted octanol–water partition coefficient (Wildman–Crippen LogP) is 4.73. The number of methoxy groups -OCH3 is 1. The molecule has 4 rings (SSSR count). The Labute approximate surface area is 214 Å². The number of amides is 2. The standard InChI is InChI=1S/C26H27N3O4S2/c1-3-33-21-10-6-18(7-11-21)27-24(30)17-23-25(31)29(19-8-12-20(32-2)13-9-19)26(34)28(23)15-14-22-5-4-16-35-22/h4-13,16,23H,3,14-15,17H2,1-2H3,(H,27,30). The lowest BCUT2D eigenvalue weighted by Crippen LogP contribution is -2.39. The maximum Gasteiger partial charge on any atom is 0.256 e. The summed E-state index contributed by atoms with van der Waals surface area (Å²) in [7, 11) is 1.59. The Balaban J connectivity index is 1.51. The second kappa shape index (κ2) is 11.3. The summed E-state index contributed by atoms with van der Waals surface area (Å²) in [5.74, 6) is 0.949. The van der Waals surface area contributed by atoms with E-state index >= 15 is 0 Å². The highest BCUT2D eigenvalue weighted by molar-refractivity contribution is 7.80. The van der Waals surface area contributed by atoms with Crippen LogP contribution in [0.25, 0.3) is 0 Å². The van der Waals surface area contributed by atoms with Gasteiger partial charge in [-0.2, -0.15) is 0 Å². The third kappa shape index (κ3) is 5.80. The van der Waals surface area contributed by atoms with Gasteiger partial charge in [0.2, 0.25) is 5.91 Å². The fraction of sp³-hybridized carbons (Fsp3) is 0.269. The number of thiophene rings is 1. The fourth-order valence-corrected chi connectivity index (χ4v) is 5.04. The summed E-state index contributed by atoms with van der Waals surface area (Å²) in [5.41, 5.74) is 1.29. The molecule has 9 heteroatoms. The van der Waals surface area contributed by atoms with Crippen LogP contribution in [0.1, 0.15) is 18.2 Å². The Morgan fingerprint density at radius 3 is 2.43 bits per heavy atom. The first-order valence-corrected chi connectivity index (χ1v) is 12.6. The molecule has 1 unspecified atom stereocenters. The van der Waals surface area contributed by atoms with Crippen molar-refractivity contribution >= 4 is 51.9 Å². The van der Waals surface area contributed by atoms with E-state index in [1.165, 1.54) is 9.78 Å². The van der Waals surface area contributed by atoms with E-state index in [1.54, 1.807) is 67.0 Å². The van der Waals surface area contributed by atoms with E-state index in [-0.39, 0.29) is 18.2 Å². The van der Waals surface area contributed by atoms with Gasteiger partial charge in [-0.1, -0.05) is 6.07 Å². The lowest BCUT2D eigenvalue weighted by Gasteiger charge is -2.23. The maximum atomic E-state index is 13.5. The molecule has 0 aliphatic carbocycles. The average Bonchev–Trinajstić information content (AvgIpc) is 3.46. The first-order valence-electron chi connectivity index (χ1n) is 11.3. The Morgan fingerprint density at radius 2 is 1.80 bits per heavy atom. The van der Waals surface area contributed by atoms with Crippen molar-refractivity contribution in [2.45, 2.75) is 25.8 Å². The molecule has 1 aliphatic rings. The maximum absolute atomic E-state index is 13.5. The molecule has 0 spiro atoms. The van der Waals surface area contributed by atoms with Crippen molar-refractivity contribution in [3.05, 3.63) is 70.9 Å². The van der Waals surface area contributed by atoms with E-state index in [0.29, 0.717) is 35.4 Å². The third-order valence-corrected chi connectivity index (χ3v) is 7.01. The van der Waals surface area contributed by atoms with Crippen LogP contribution in [0.15, 0.2) is 66.0 Å². The number of anilines is 2. The van der Waals surface area contributed by atoms with E-state index in [0.717, 1.165) is 12.2 Å². The Hall–Kier alpha value is -3.43. The molecule has 2 heterocycles. The van der Waals surface area contributed by atoms with Crippen LogP contribution >= 0.6 is 23.6 Å². The van der Waals surface area contributed by atoms with Crippen molar-refractivity contribution in [3.63, 3.8) is 0 Å². The summed E-state index contributed by atoms with van der Waals surface area (Å²) in [5, 5.41) is 5.30. The summed E-state index contributed by atoms with van der Waals surface area (Å²) in [6.45, 7) is 3.03. The SMILES string of the molecule is CCOc1ccc(NC(=O)CC2C(=O)N(c3ccc(OC)cc3)C(=S)N2CCc2cccs2)cc1. The molecule has 2 aromatic carbocycles. The van der Waals surface area contributed by atoms with E-state index < -0.39 is 6.04 Å². The van der Waals surface area contributed by atoms with Gasteiger partial charge in [-0.25, -0.2) is 0 Å². The van der Waals surface area contributed by atoms with Crippen LogP contribution in [0.3, 0.4) is 0 Å². The minimum absolute atomic E-state index is 0.0106. The number of carbonyl (C=O) groups is 2. The van der Waals surface area contributed by atoms with E-state index in [2.05, 4.69) is 11.4 Å². The summed E-state index contributed by atoms with van der Waals surface area (Å²) in [6.07, 6.45) is 0.724. The van der Waals surface area contributed by atoms with Crippen LogP contribution in [0.5, 0.6) is 11.5 Å². The van der Waals surface area contributed by atoms with Crippen molar-refractivity contribution in [1.29, 1.82) is 0 Å². The van der Waals surface area contributed by atoms with Crippen LogP contribution < -0.4 is 19.7 Å². The number of hydrogen-bond donors (Lipinski definition) is 1. The zero-order valence-electron chi connectivity index (χ0n) is 19.6. The van der Waals surface area contributed by atoms with Crippen LogP contribution in [0.2, 0.25) is 0 Å². The zero-order valence-corrected chi connectivity index (χ0v) is 21.2. The van der Waals surface area contributed by atoms with E-state index in [9.17, 15) is 9.59 Å². The summed E-state index contributed by atoms with van der Waals surface area (Å²) in [6, 6.07) is 17.7. The largest absolute Gasteiger partial charge is 0.497 e. The quantitative estimate of drug-likeness (QED) is 0.399. The minimum atomic E-state index is -0.688. The molecule has 0 bridgehead atoms. The molecule has 3 aromatic rings. The van der Waals surface area contributed by atoms with E-state index in [4.69, 9.17) is 21.7 Å². The van der Waals surface area contributed by atoms with Gasteiger partial charge in [0.1, 0.15) is 17.5 Å². The summed E-state index contributed by atoms with van der Waals surface area (Å²) < 4.78 is 10.7. The first-order chi connectivity index (χ1) is 17.0. The molecule has 1 N–H and O–H groups in total. The van der Waals surface area contributed by atoms with Gasteiger partial charge < -0.3 is 19.7 Å². The predicted molar refractivity (Wildman–Crippen MR) is 142 cm³/mol. The van der Waals surface area contributed by atoms with Gasteiger partial charge in [-0.15, -0.1) is 11.3 Å². The molecular formula is C26H27N3O4S2. The highest BCUT2D eigenvalue weighted by Gasteiger charge is 2.43.